The second kappa shape index (κ2) is 5.96. The largest absolute Gasteiger partial charge is 0.525 e. The highest BCUT2D eigenvalue weighted by atomic mass is 19.1. The molecule has 0 atom stereocenters. The van der Waals surface area contributed by atoms with E-state index >= 15 is 0 Å². The van der Waals surface area contributed by atoms with Crippen LogP contribution in [0.2, 0.25) is 0 Å². The van der Waals surface area contributed by atoms with Gasteiger partial charge in [0.05, 0.1) is 11.2 Å². The molecule has 1 heterocycles. The zero-order valence-corrected chi connectivity index (χ0v) is 17.0. The molecular weight excluding hydrogens is 336 g/mol. The van der Waals surface area contributed by atoms with E-state index in [1.165, 1.54) is 0 Å². The number of allylic oxidation sites excluding steroid dienone is 1. The van der Waals surface area contributed by atoms with E-state index in [0.29, 0.717) is 0 Å². The van der Waals surface area contributed by atoms with Crippen LogP contribution in [0.15, 0.2) is 11.3 Å². The molecule has 1 amide bonds. The van der Waals surface area contributed by atoms with Gasteiger partial charge in [-0.15, -0.1) is 0 Å². The predicted octanol–water partition coefficient (Wildman–Crippen LogP) is 4.31. The molecule has 0 radical (unpaired) electrons. The van der Waals surface area contributed by atoms with Crippen LogP contribution in [0.1, 0.15) is 74.1 Å². The molecule has 3 fully saturated rings. The molecule has 1 aliphatic heterocycles. The number of ether oxygens (including phenoxy) is 1. The molecule has 1 N–H and O–H groups in total. The van der Waals surface area contributed by atoms with Crippen LogP contribution in [0.4, 0.5) is 9.18 Å². The second-order valence-corrected chi connectivity index (χ2v) is 10.1. The minimum Gasteiger partial charge on any atom is -0.444 e. The molecule has 3 aliphatic rings. The second-order valence-electron chi connectivity index (χ2n) is 10.1. The van der Waals surface area contributed by atoms with E-state index in [2.05, 4.69) is 5.32 Å². The fourth-order valence-corrected chi connectivity index (χ4v) is 3.99. The molecule has 5 nitrogen and oxygen atoms in total. The number of halogens is 1. The molecule has 26 heavy (non-hydrogen) atoms. The lowest BCUT2D eigenvalue weighted by atomic mass is 9.51. The predicted molar refractivity (Wildman–Crippen MR) is 98.3 cm³/mol. The monoisotopic (exact) mass is 367 g/mol. The van der Waals surface area contributed by atoms with E-state index in [1.54, 1.807) is 0 Å². The van der Waals surface area contributed by atoms with Crippen molar-refractivity contribution in [1.29, 1.82) is 0 Å². The maximum atomic E-state index is 14.8. The molecule has 146 valence electrons. The van der Waals surface area contributed by atoms with Crippen LogP contribution in [-0.4, -0.2) is 36.1 Å². The molecule has 2 aliphatic carbocycles. The summed E-state index contributed by atoms with van der Waals surface area (Å²) in [6, 6.07) is 0.117. The summed E-state index contributed by atoms with van der Waals surface area (Å²) in [5.41, 5.74) is -0.914. The van der Waals surface area contributed by atoms with Gasteiger partial charge in [-0.05, 0) is 85.1 Å². The maximum absolute atomic E-state index is 14.8. The highest BCUT2D eigenvalue weighted by Crippen LogP contribution is 2.59. The average molecular weight is 367 g/mol. The first-order valence-corrected chi connectivity index (χ1v) is 9.45. The van der Waals surface area contributed by atoms with Crippen molar-refractivity contribution >= 4 is 13.2 Å². The van der Waals surface area contributed by atoms with Crippen molar-refractivity contribution in [2.75, 3.05) is 0 Å². The zero-order chi connectivity index (χ0) is 19.5. The molecule has 1 saturated heterocycles. The Kier molecular flexibility index (Phi) is 4.51. The topological polar surface area (TPSA) is 56.8 Å². The van der Waals surface area contributed by atoms with Crippen molar-refractivity contribution in [3.63, 3.8) is 0 Å². The van der Waals surface area contributed by atoms with Crippen molar-refractivity contribution in [3.05, 3.63) is 11.3 Å². The van der Waals surface area contributed by atoms with Gasteiger partial charge in [-0.1, -0.05) is 0 Å². The van der Waals surface area contributed by atoms with Crippen LogP contribution in [0, 0.1) is 5.41 Å². The summed E-state index contributed by atoms with van der Waals surface area (Å²) >= 11 is 0. The molecule has 7 heteroatoms. The third-order valence-corrected chi connectivity index (χ3v) is 6.05. The van der Waals surface area contributed by atoms with Gasteiger partial charge in [0.25, 0.3) is 0 Å². The number of rotatable bonds is 2. The van der Waals surface area contributed by atoms with Gasteiger partial charge in [0.2, 0.25) is 0 Å². The minimum atomic E-state index is -0.900. The van der Waals surface area contributed by atoms with Crippen molar-refractivity contribution in [3.8, 4) is 0 Å². The van der Waals surface area contributed by atoms with Gasteiger partial charge in [0, 0.05) is 6.04 Å². The Bertz CT molecular complexity index is 606. The van der Waals surface area contributed by atoms with E-state index in [0.717, 1.165) is 31.3 Å². The fourth-order valence-electron chi connectivity index (χ4n) is 3.99. The number of hydrogen-bond donors (Lipinski definition) is 1. The molecule has 2 saturated carbocycles. The summed E-state index contributed by atoms with van der Waals surface area (Å²) in [7, 11) is -0.900. The first-order valence-electron chi connectivity index (χ1n) is 9.45. The highest BCUT2D eigenvalue weighted by molar-refractivity contribution is 6.53. The molecule has 0 aromatic rings. The SMILES string of the molecule is CC(C)(C)OC(=O)NC1CC2(CC(=C(F)B3OC(C)(C)C(C)(C)O3)C2)C1. The van der Waals surface area contributed by atoms with Gasteiger partial charge < -0.3 is 19.4 Å². The number of amides is 1. The van der Waals surface area contributed by atoms with Gasteiger partial charge in [-0.3, -0.25) is 0 Å². The van der Waals surface area contributed by atoms with Crippen LogP contribution < -0.4 is 5.32 Å². The lowest BCUT2D eigenvalue weighted by Gasteiger charge is -2.55. The van der Waals surface area contributed by atoms with Gasteiger partial charge in [0.15, 0.2) is 0 Å². The maximum Gasteiger partial charge on any atom is 0.525 e. The van der Waals surface area contributed by atoms with Crippen molar-refractivity contribution < 1.29 is 23.2 Å². The molecule has 0 unspecified atom stereocenters. The molecule has 3 rings (SSSR count). The normalized spacial score (nSPS) is 32.1. The Morgan fingerprint density at radius 1 is 1.15 bits per heavy atom. The average Bonchev–Trinajstić information content (AvgIpc) is 2.56. The summed E-state index contributed by atoms with van der Waals surface area (Å²) in [6.07, 6.45) is 2.79. The fraction of sp³-hybridized carbons (Fsp3) is 0.842. The van der Waals surface area contributed by atoms with Crippen molar-refractivity contribution in [1.82, 2.24) is 5.32 Å². The van der Waals surface area contributed by atoms with Gasteiger partial charge >= 0.3 is 13.2 Å². The van der Waals surface area contributed by atoms with Crippen LogP contribution in [0.25, 0.3) is 0 Å². The Labute approximate surface area is 156 Å². The standard InChI is InChI=1S/C19H31BFNO4/c1-16(2,3)24-15(23)22-13-10-19(11-13)8-12(9-19)14(21)20-25-17(4,5)18(6,7)26-20/h13H,8-11H2,1-7H3,(H,22,23). The van der Waals surface area contributed by atoms with E-state index in [4.69, 9.17) is 14.0 Å². The quantitative estimate of drug-likeness (QED) is 0.739. The summed E-state index contributed by atoms with van der Waals surface area (Å²) < 4.78 is 31.6. The lowest BCUT2D eigenvalue weighted by molar-refractivity contribution is 0.00578. The minimum absolute atomic E-state index is 0.117. The van der Waals surface area contributed by atoms with Crippen LogP contribution in [0.5, 0.6) is 0 Å². The van der Waals surface area contributed by atoms with E-state index in [9.17, 15) is 9.18 Å². The number of carbonyl (C=O) groups excluding carboxylic acids is 1. The Balaban J connectivity index is 1.49. The van der Waals surface area contributed by atoms with E-state index < -0.39 is 23.9 Å². The molecule has 1 spiro atoms. The van der Waals surface area contributed by atoms with Crippen molar-refractivity contribution in [2.24, 2.45) is 5.41 Å². The summed E-state index contributed by atoms with van der Waals surface area (Å²) in [5, 5.41) is 2.90. The summed E-state index contributed by atoms with van der Waals surface area (Å²) in [4.78, 5) is 11.8. The third kappa shape index (κ3) is 3.65. The third-order valence-electron chi connectivity index (χ3n) is 6.05. The van der Waals surface area contributed by atoms with Crippen LogP contribution >= 0.6 is 0 Å². The first-order chi connectivity index (χ1) is 11.7. The number of alkyl carbamates (subject to hydrolysis) is 1. The lowest BCUT2D eigenvalue weighted by Crippen LogP contribution is -2.55. The van der Waals surface area contributed by atoms with E-state index in [1.807, 2.05) is 48.5 Å². The summed E-state index contributed by atoms with van der Waals surface area (Å²) in [6.45, 7) is 13.2. The molecular formula is C19H31BFNO4. The summed E-state index contributed by atoms with van der Waals surface area (Å²) in [5.74, 6) is 0. The molecule has 0 aromatic heterocycles. The number of nitrogens with one attached hydrogen (secondary N) is 1. The van der Waals surface area contributed by atoms with E-state index in [-0.39, 0.29) is 23.3 Å². The number of hydrogen-bond acceptors (Lipinski definition) is 4. The molecule has 0 aromatic carbocycles. The Morgan fingerprint density at radius 3 is 2.12 bits per heavy atom. The van der Waals surface area contributed by atoms with Gasteiger partial charge in [0.1, 0.15) is 11.3 Å². The van der Waals surface area contributed by atoms with Crippen molar-refractivity contribution in [2.45, 2.75) is 97.0 Å². The van der Waals surface area contributed by atoms with Crippen LogP contribution in [0.3, 0.4) is 0 Å². The number of carbonyl (C=O) groups is 1. The van der Waals surface area contributed by atoms with Gasteiger partial charge in [-0.2, -0.15) is 0 Å². The van der Waals surface area contributed by atoms with Gasteiger partial charge in [-0.25, -0.2) is 9.18 Å². The smallest absolute Gasteiger partial charge is 0.444 e. The Hall–Kier alpha value is -1.08. The Morgan fingerprint density at radius 2 is 1.65 bits per heavy atom. The zero-order valence-electron chi connectivity index (χ0n) is 17.0. The highest BCUT2D eigenvalue weighted by Gasteiger charge is 2.57. The first kappa shape index (κ1) is 19.7. The molecule has 0 bridgehead atoms. The van der Waals surface area contributed by atoms with Crippen LogP contribution in [-0.2, 0) is 14.0 Å².